The molecule has 0 spiro atoms. The number of benzene rings is 2. The summed E-state index contributed by atoms with van der Waals surface area (Å²) in [5, 5.41) is 0. The fourth-order valence-corrected chi connectivity index (χ4v) is 5.00. The van der Waals surface area contributed by atoms with Gasteiger partial charge in [0.1, 0.15) is 0 Å². The van der Waals surface area contributed by atoms with E-state index in [0.29, 0.717) is 18.1 Å². The number of allylic oxidation sites excluding steroid dienone is 1. The Morgan fingerprint density at radius 2 is 1.61 bits per heavy atom. The zero-order chi connectivity index (χ0) is 24.1. The molecule has 0 bridgehead atoms. The maximum atomic E-state index is 11.9. The molecule has 33 heavy (non-hydrogen) atoms. The molecule has 178 valence electrons. The highest BCUT2D eigenvalue weighted by atomic mass is 16.5. The van der Waals surface area contributed by atoms with Gasteiger partial charge < -0.3 is 4.74 Å². The largest absolute Gasteiger partial charge is 0.462 e. The Kier molecular flexibility index (Phi) is 8.21. The van der Waals surface area contributed by atoms with Crippen LogP contribution in [0.2, 0.25) is 0 Å². The van der Waals surface area contributed by atoms with Crippen LogP contribution in [0.25, 0.3) is 6.08 Å². The molecular formula is C31H42O2. The molecule has 0 saturated carbocycles. The predicted octanol–water partition coefficient (Wildman–Crippen LogP) is 8.59. The Bertz CT molecular complexity index is 963. The van der Waals surface area contributed by atoms with Crippen molar-refractivity contribution in [2.75, 3.05) is 6.61 Å². The fourth-order valence-electron chi connectivity index (χ4n) is 5.00. The molecule has 0 aliphatic heterocycles. The molecule has 0 aromatic heterocycles. The normalized spacial score (nSPS) is 17.5. The first-order chi connectivity index (χ1) is 15.7. The number of carbonyl (C=O) groups is 1. The quantitative estimate of drug-likeness (QED) is 0.285. The van der Waals surface area contributed by atoms with E-state index in [4.69, 9.17) is 4.74 Å². The van der Waals surface area contributed by atoms with Crippen molar-refractivity contribution >= 4 is 12.0 Å². The summed E-state index contributed by atoms with van der Waals surface area (Å²) < 4.78 is 5.10. The van der Waals surface area contributed by atoms with Crippen molar-refractivity contribution in [3.63, 3.8) is 0 Å². The van der Waals surface area contributed by atoms with Crippen LogP contribution < -0.4 is 0 Å². The van der Waals surface area contributed by atoms with Gasteiger partial charge in [-0.15, -0.1) is 0 Å². The van der Waals surface area contributed by atoms with E-state index in [-0.39, 0.29) is 16.8 Å². The molecule has 0 fully saturated rings. The second kappa shape index (κ2) is 10.7. The van der Waals surface area contributed by atoms with Gasteiger partial charge >= 0.3 is 5.97 Å². The van der Waals surface area contributed by atoms with Gasteiger partial charge in [-0.05, 0) is 71.4 Å². The van der Waals surface area contributed by atoms with E-state index in [9.17, 15) is 4.79 Å². The van der Waals surface area contributed by atoms with Crippen molar-refractivity contribution in [3.8, 4) is 0 Å². The molecule has 1 atom stereocenters. The summed E-state index contributed by atoms with van der Waals surface area (Å²) in [5.41, 5.74) is 6.67. The molecule has 2 heteroatoms. The molecule has 0 heterocycles. The molecule has 2 aromatic rings. The van der Waals surface area contributed by atoms with Gasteiger partial charge in [0.15, 0.2) is 0 Å². The van der Waals surface area contributed by atoms with Gasteiger partial charge in [-0.3, -0.25) is 0 Å². The number of unbranched alkanes of at least 4 members (excludes halogenated alkanes) is 2. The van der Waals surface area contributed by atoms with E-state index in [0.717, 1.165) is 12.0 Å². The SMILES string of the molecule is CCCCCC(/C=C/c1ccc(C(=O)OCC)cc1)c1ccc2c(c1)C(C)(C)CCC2(C)C. The fraction of sp³-hybridized carbons (Fsp3) is 0.516. The van der Waals surface area contributed by atoms with Gasteiger partial charge in [-0.1, -0.05) is 96.4 Å². The number of fused-ring (bicyclic) bond motifs is 1. The maximum absolute atomic E-state index is 11.9. The number of ether oxygens (including phenoxy) is 1. The minimum Gasteiger partial charge on any atom is -0.462 e. The molecular weight excluding hydrogens is 404 g/mol. The van der Waals surface area contributed by atoms with Crippen molar-refractivity contribution in [3.05, 3.63) is 76.4 Å². The summed E-state index contributed by atoms with van der Waals surface area (Å²) in [5.74, 6) is 0.137. The Hall–Kier alpha value is -2.35. The summed E-state index contributed by atoms with van der Waals surface area (Å²) in [6, 6.07) is 15.0. The summed E-state index contributed by atoms with van der Waals surface area (Å²) in [6.45, 7) is 14.1. The molecule has 2 nitrogen and oxygen atoms in total. The molecule has 0 saturated heterocycles. The van der Waals surface area contributed by atoms with Crippen LogP contribution >= 0.6 is 0 Å². The van der Waals surface area contributed by atoms with E-state index < -0.39 is 0 Å². The first-order valence-corrected chi connectivity index (χ1v) is 12.8. The summed E-state index contributed by atoms with van der Waals surface area (Å²) >= 11 is 0. The third-order valence-corrected chi connectivity index (χ3v) is 7.37. The van der Waals surface area contributed by atoms with E-state index in [1.54, 1.807) is 0 Å². The van der Waals surface area contributed by atoms with Crippen LogP contribution in [0, 0.1) is 0 Å². The molecule has 2 aromatic carbocycles. The Labute approximate surface area is 201 Å². The molecule has 1 unspecified atom stereocenters. The molecule has 3 rings (SSSR count). The summed E-state index contributed by atoms with van der Waals surface area (Å²) in [7, 11) is 0. The lowest BCUT2D eigenvalue weighted by molar-refractivity contribution is 0.0526. The number of hydrogen-bond acceptors (Lipinski definition) is 2. The van der Waals surface area contributed by atoms with Crippen LogP contribution in [0.3, 0.4) is 0 Å². The van der Waals surface area contributed by atoms with Crippen LogP contribution in [0.15, 0.2) is 48.5 Å². The first-order valence-electron chi connectivity index (χ1n) is 12.8. The van der Waals surface area contributed by atoms with Crippen LogP contribution in [0.4, 0.5) is 0 Å². The maximum Gasteiger partial charge on any atom is 0.338 e. The van der Waals surface area contributed by atoms with Crippen LogP contribution in [-0.4, -0.2) is 12.6 Å². The molecule has 0 amide bonds. The predicted molar refractivity (Wildman–Crippen MR) is 140 cm³/mol. The van der Waals surface area contributed by atoms with Crippen molar-refractivity contribution in [1.82, 2.24) is 0 Å². The molecule has 1 aliphatic rings. The second-order valence-corrected chi connectivity index (χ2v) is 10.9. The minimum atomic E-state index is -0.259. The van der Waals surface area contributed by atoms with E-state index >= 15 is 0 Å². The van der Waals surface area contributed by atoms with E-state index in [1.807, 2.05) is 31.2 Å². The van der Waals surface area contributed by atoms with Crippen molar-refractivity contribution < 1.29 is 9.53 Å². The molecule has 1 aliphatic carbocycles. The summed E-state index contributed by atoms with van der Waals surface area (Å²) in [4.78, 5) is 11.9. The van der Waals surface area contributed by atoms with Gasteiger partial charge in [-0.25, -0.2) is 4.79 Å². The number of esters is 1. The van der Waals surface area contributed by atoms with Crippen molar-refractivity contribution in [2.24, 2.45) is 0 Å². The third kappa shape index (κ3) is 6.16. The summed E-state index contributed by atoms with van der Waals surface area (Å²) in [6.07, 6.45) is 11.9. The lowest BCUT2D eigenvalue weighted by Crippen LogP contribution is -2.34. The smallest absolute Gasteiger partial charge is 0.338 e. The second-order valence-electron chi connectivity index (χ2n) is 10.9. The highest BCUT2D eigenvalue weighted by Gasteiger charge is 2.37. The van der Waals surface area contributed by atoms with Crippen molar-refractivity contribution in [1.29, 1.82) is 0 Å². The highest BCUT2D eigenvalue weighted by molar-refractivity contribution is 5.89. The number of carbonyl (C=O) groups excluding carboxylic acids is 1. The van der Waals surface area contributed by atoms with Crippen molar-refractivity contribution in [2.45, 2.75) is 96.8 Å². The zero-order valence-corrected chi connectivity index (χ0v) is 21.5. The lowest BCUT2D eigenvalue weighted by atomic mass is 9.62. The van der Waals surface area contributed by atoms with Crippen LogP contribution in [0.1, 0.15) is 119 Å². The first kappa shape index (κ1) is 25.3. The number of hydrogen-bond donors (Lipinski definition) is 0. The number of rotatable bonds is 9. The van der Waals surface area contributed by atoms with E-state index in [2.05, 4.69) is 65.0 Å². The lowest BCUT2D eigenvalue weighted by Gasteiger charge is -2.42. The van der Waals surface area contributed by atoms with Gasteiger partial charge in [0, 0.05) is 5.92 Å². The van der Waals surface area contributed by atoms with Gasteiger partial charge in [-0.2, -0.15) is 0 Å². The standard InChI is InChI=1S/C31H42O2/c1-7-9-10-11-24(15-12-23-13-16-25(17-14-23)29(32)33-8-2)26-18-19-27-28(22-26)31(5,6)21-20-30(27,3)4/h12-19,22,24H,7-11,20-21H2,1-6H3/b15-12+. The average Bonchev–Trinajstić information content (AvgIpc) is 2.79. The van der Waals surface area contributed by atoms with Crippen LogP contribution in [-0.2, 0) is 15.6 Å². The molecule has 0 N–H and O–H groups in total. The highest BCUT2D eigenvalue weighted by Crippen LogP contribution is 2.46. The monoisotopic (exact) mass is 446 g/mol. The molecule has 0 radical (unpaired) electrons. The van der Waals surface area contributed by atoms with Gasteiger partial charge in [0.2, 0.25) is 0 Å². The minimum absolute atomic E-state index is 0.224. The zero-order valence-electron chi connectivity index (χ0n) is 21.5. The van der Waals surface area contributed by atoms with Gasteiger partial charge in [0.25, 0.3) is 0 Å². The Balaban J connectivity index is 1.88. The van der Waals surface area contributed by atoms with Gasteiger partial charge in [0.05, 0.1) is 12.2 Å². The Morgan fingerprint density at radius 1 is 0.939 bits per heavy atom. The Morgan fingerprint density at radius 3 is 2.24 bits per heavy atom. The average molecular weight is 447 g/mol. The third-order valence-electron chi connectivity index (χ3n) is 7.37. The topological polar surface area (TPSA) is 26.3 Å². The van der Waals surface area contributed by atoms with E-state index in [1.165, 1.54) is 48.8 Å². The van der Waals surface area contributed by atoms with Crippen LogP contribution in [0.5, 0.6) is 0 Å².